The first kappa shape index (κ1) is 11.8. The van der Waals surface area contributed by atoms with Gasteiger partial charge in [0.05, 0.1) is 18.5 Å². The highest BCUT2D eigenvalue weighted by Gasteiger charge is 2.39. The molecular weight excluding hydrogens is 230 g/mol. The molecule has 3 atom stereocenters. The Kier molecular flexibility index (Phi) is 2.90. The normalized spacial score (nSPS) is 31.4. The molecule has 0 spiro atoms. The molecule has 0 unspecified atom stereocenters. The standard InChI is InChI=1S/C14H19NO3/c1-9-4-6-17-13(9)14(16)15-5-3-12-11(8-15)7-10(2)18-12/h4,6,10-12H,3,5,7-8H2,1-2H3/t10-,11-,12-/m0/s1. The summed E-state index contributed by atoms with van der Waals surface area (Å²) in [6.07, 6.45) is 4.27. The molecule has 2 fully saturated rings. The van der Waals surface area contributed by atoms with E-state index in [1.54, 1.807) is 6.26 Å². The maximum atomic E-state index is 12.3. The molecular formula is C14H19NO3. The van der Waals surface area contributed by atoms with Gasteiger partial charge in [-0.3, -0.25) is 4.79 Å². The van der Waals surface area contributed by atoms with Crippen LogP contribution in [0.1, 0.15) is 35.9 Å². The quantitative estimate of drug-likeness (QED) is 0.766. The van der Waals surface area contributed by atoms with Crippen molar-refractivity contribution in [1.82, 2.24) is 4.90 Å². The van der Waals surface area contributed by atoms with E-state index in [4.69, 9.17) is 9.15 Å². The molecule has 2 aliphatic heterocycles. The highest BCUT2D eigenvalue weighted by molar-refractivity contribution is 5.92. The fourth-order valence-corrected chi connectivity index (χ4v) is 3.12. The lowest BCUT2D eigenvalue weighted by atomic mass is 9.93. The van der Waals surface area contributed by atoms with Gasteiger partial charge in [-0.05, 0) is 32.8 Å². The molecule has 0 bridgehead atoms. The number of carbonyl (C=O) groups excluding carboxylic acids is 1. The molecule has 98 valence electrons. The Bertz CT molecular complexity index is 454. The summed E-state index contributed by atoms with van der Waals surface area (Å²) in [6.45, 7) is 5.59. The lowest BCUT2D eigenvalue weighted by Gasteiger charge is -2.33. The number of hydrogen-bond acceptors (Lipinski definition) is 3. The summed E-state index contributed by atoms with van der Waals surface area (Å²) < 4.78 is 11.1. The van der Waals surface area contributed by atoms with Crippen molar-refractivity contribution in [2.45, 2.75) is 38.9 Å². The molecule has 4 nitrogen and oxygen atoms in total. The van der Waals surface area contributed by atoms with Crippen LogP contribution < -0.4 is 0 Å². The summed E-state index contributed by atoms with van der Waals surface area (Å²) in [5.74, 6) is 1.00. The predicted octanol–water partition coefficient (Wildman–Crippen LogP) is 2.23. The molecule has 0 saturated carbocycles. The van der Waals surface area contributed by atoms with Crippen LogP contribution in [-0.2, 0) is 4.74 Å². The van der Waals surface area contributed by atoms with Gasteiger partial charge in [-0.25, -0.2) is 0 Å². The van der Waals surface area contributed by atoms with Crippen molar-refractivity contribution in [1.29, 1.82) is 0 Å². The van der Waals surface area contributed by atoms with E-state index in [1.807, 2.05) is 17.9 Å². The molecule has 1 aromatic heterocycles. The molecule has 1 aromatic rings. The van der Waals surface area contributed by atoms with Crippen LogP contribution in [0.5, 0.6) is 0 Å². The Morgan fingerprint density at radius 2 is 2.33 bits per heavy atom. The second kappa shape index (κ2) is 4.43. The highest BCUT2D eigenvalue weighted by Crippen LogP contribution is 2.33. The van der Waals surface area contributed by atoms with Gasteiger partial charge < -0.3 is 14.1 Å². The minimum absolute atomic E-state index is 0.0236. The van der Waals surface area contributed by atoms with E-state index in [9.17, 15) is 4.79 Å². The zero-order valence-corrected chi connectivity index (χ0v) is 10.9. The molecule has 1 amide bonds. The van der Waals surface area contributed by atoms with Crippen molar-refractivity contribution in [3.8, 4) is 0 Å². The van der Waals surface area contributed by atoms with Crippen LogP contribution in [0.15, 0.2) is 16.7 Å². The van der Waals surface area contributed by atoms with E-state index < -0.39 is 0 Å². The van der Waals surface area contributed by atoms with Gasteiger partial charge in [0.15, 0.2) is 5.76 Å². The lowest BCUT2D eigenvalue weighted by Crippen LogP contribution is -2.44. The van der Waals surface area contributed by atoms with Crippen molar-refractivity contribution < 1.29 is 13.9 Å². The molecule has 3 heterocycles. The second-order valence-corrected chi connectivity index (χ2v) is 5.45. The van der Waals surface area contributed by atoms with Crippen LogP contribution in [0.4, 0.5) is 0 Å². The predicted molar refractivity (Wildman–Crippen MR) is 66.4 cm³/mol. The average Bonchev–Trinajstić information content (AvgIpc) is 2.91. The average molecular weight is 249 g/mol. The SMILES string of the molecule is Cc1ccoc1C(=O)N1CC[C@@H]2O[C@@H](C)C[C@H]2C1. The minimum atomic E-state index is 0.0236. The smallest absolute Gasteiger partial charge is 0.289 e. The summed E-state index contributed by atoms with van der Waals surface area (Å²) in [4.78, 5) is 14.3. The zero-order chi connectivity index (χ0) is 12.7. The number of amides is 1. The van der Waals surface area contributed by atoms with Gasteiger partial charge in [-0.2, -0.15) is 0 Å². The zero-order valence-electron chi connectivity index (χ0n) is 10.9. The van der Waals surface area contributed by atoms with Crippen LogP contribution in [0, 0.1) is 12.8 Å². The number of hydrogen-bond donors (Lipinski definition) is 0. The topological polar surface area (TPSA) is 42.7 Å². The first-order chi connectivity index (χ1) is 8.65. The number of fused-ring (bicyclic) bond motifs is 1. The molecule has 4 heteroatoms. The van der Waals surface area contributed by atoms with E-state index in [-0.39, 0.29) is 5.91 Å². The van der Waals surface area contributed by atoms with Gasteiger partial charge in [0.2, 0.25) is 0 Å². The molecule has 3 rings (SSSR count). The minimum Gasteiger partial charge on any atom is -0.459 e. The number of furan rings is 1. The Hall–Kier alpha value is -1.29. The molecule has 18 heavy (non-hydrogen) atoms. The monoisotopic (exact) mass is 249 g/mol. The van der Waals surface area contributed by atoms with Gasteiger partial charge in [-0.15, -0.1) is 0 Å². The molecule has 2 saturated heterocycles. The van der Waals surface area contributed by atoms with Crippen molar-refractivity contribution >= 4 is 5.91 Å². The Labute approximate surface area is 107 Å². The maximum Gasteiger partial charge on any atom is 0.289 e. The van der Waals surface area contributed by atoms with E-state index in [0.29, 0.717) is 23.9 Å². The summed E-state index contributed by atoms with van der Waals surface area (Å²) >= 11 is 0. The summed E-state index contributed by atoms with van der Waals surface area (Å²) in [7, 11) is 0. The van der Waals surface area contributed by atoms with Crippen LogP contribution in [0.2, 0.25) is 0 Å². The van der Waals surface area contributed by atoms with Crippen molar-refractivity contribution in [2.24, 2.45) is 5.92 Å². The Morgan fingerprint density at radius 3 is 3.06 bits per heavy atom. The maximum absolute atomic E-state index is 12.3. The number of carbonyl (C=O) groups is 1. The van der Waals surface area contributed by atoms with Gasteiger partial charge in [0.25, 0.3) is 5.91 Å². The molecule has 2 aliphatic rings. The third kappa shape index (κ3) is 1.94. The third-order valence-electron chi connectivity index (χ3n) is 4.05. The number of rotatable bonds is 1. The fraction of sp³-hybridized carbons (Fsp3) is 0.643. The molecule has 0 radical (unpaired) electrons. The number of aryl methyl sites for hydroxylation is 1. The van der Waals surface area contributed by atoms with E-state index >= 15 is 0 Å². The van der Waals surface area contributed by atoms with Crippen LogP contribution in [0.3, 0.4) is 0 Å². The summed E-state index contributed by atoms with van der Waals surface area (Å²) in [6, 6.07) is 1.83. The van der Waals surface area contributed by atoms with Crippen molar-refractivity contribution in [2.75, 3.05) is 13.1 Å². The number of likely N-dealkylation sites (tertiary alicyclic amines) is 1. The van der Waals surface area contributed by atoms with Crippen molar-refractivity contribution in [3.63, 3.8) is 0 Å². The number of nitrogens with zero attached hydrogens (tertiary/aromatic N) is 1. The molecule has 0 aromatic carbocycles. The van der Waals surface area contributed by atoms with Crippen LogP contribution in [-0.4, -0.2) is 36.1 Å². The van der Waals surface area contributed by atoms with E-state index in [1.165, 1.54) is 0 Å². The Morgan fingerprint density at radius 1 is 1.50 bits per heavy atom. The van der Waals surface area contributed by atoms with Gasteiger partial charge in [0, 0.05) is 24.6 Å². The van der Waals surface area contributed by atoms with E-state index in [2.05, 4.69) is 6.92 Å². The largest absolute Gasteiger partial charge is 0.459 e. The van der Waals surface area contributed by atoms with Gasteiger partial charge >= 0.3 is 0 Å². The first-order valence-corrected chi connectivity index (χ1v) is 6.64. The third-order valence-corrected chi connectivity index (χ3v) is 4.05. The van der Waals surface area contributed by atoms with Crippen LogP contribution in [0.25, 0.3) is 0 Å². The van der Waals surface area contributed by atoms with E-state index in [0.717, 1.165) is 31.5 Å². The molecule has 0 N–H and O–H groups in total. The van der Waals surface area contributed by atoms with Gasteiger partial charge in [0.1, 0.15) is 0 Å². The van der Waals surface area contributed by atoms with Crippen molar-refractivity contribution in [3.05, 3.63) is 23.7 Å². The summed E-state index contributed by atoms with van der Waals surface area (Å²) in [5.41, 5.74) is 0.915. The number of piperidine rings is 1. The lowest BCUT2D eigenvalue weighted by molar-refractivity contribution is 0.00782. The Balaban J connectivity index is 1.71. The second-order valence-electron chi connectivity index (χ2n) is 5.45. The highest BCUT2D eigenvalue weighted by atomic mass is 16.5. The first-order valence-electron chi connectivity index (χ1n) is 6.64. The summed E-state index contributed by atoms with van der Waals surface area (Å²) in [5, 5.41) is 0. The molecule has 0 aliphatic carbocycles. The van der Waals surface area contributed by atoms with Gasteiger partial charge in [-0.1, -0.05) is 0 Å². The fourth-order valence-electron chi connectivity index (χ4n) is 3.12. The van der Waals surface area contributed by atoms with Crippen LogP contribution >= 0.6 is 0 Å². The number of ether oxygens (including phenoxy) is 1.